The Labute approximate surface area is 95.0 Å². The van der Waals surface area contributed by atoms with Gasteiger partial charge in [0.15, 0.2) is 0 Å². The molecular weight excluding hydrogens is 204 g/mol. The number of hydrazine groups is 1. The van der Waals surface area contributed by atoms with Crippen molar-refractivity contribution < 1.29 is 9.53 Å². The molecule has 2 rings (SSSR count). The first-order valence-corrected chi connectivity index (χ1v) is 5.55. The van der Waals surface area contributed by atoms with Gasteiger partial charge in [0, 0.05) is 6.54 Å². The maximum atomic E-state index is 11.6. The lowest BCUT2D eigenvalue weighted by Gasteiger charge is -2.22. The SMILES string of the molecule is O=C(OCc1ccccc1)[C@H]1CCCNN1. The monoisotopic (exact) mass is 220 g/mol. The van der Waals surface area contributed by atoms with E-state index in [0.717, 1.165) is 24.9 Å². The molecule has 2 N–H and O–H groups in total. The van der Waals surface area contributed by atoms with E-state index in [1.165, 1.54) is 0 Å². The summed E-state index contributed by atoms with van der Waals surface area (Å²) in [6, 6.07) is 9.49. The molecule has 0 aromatic heterocycles. The van der Waals surface area contributed by atoms with Gasteiger partial charge in [0.1, 0.15) is 12.6 Å². The molecule has 1 atom stereocenters. The predicted octanol–water partition coefficient (Wildman–Crippen LogP) is 0.986. The first-order valence-electron chi connectivity index (χ1n) is 5.55. The van der Waals surface area contributed by atoms with Crippen molar-refractivity contribution in [3.8, 4) is 0 Å². The van der Waals surface area contributed by atoms with Crippen molar-refractivity contribution in [2.45, 2.75) is 25.5 Å². The average molecular weight is 220 g/mol. The highest BCUT2D eigenvalue weighted by atomic mass is 16.5. The molecule has 1 aromatic rings. The zero-order valence-electron chi connectivity index (χ0n) is 9.11. The highest BCUT2D eigenvalue weighted by Crippen LogP contribution is 2.06. The minimum Gasteiger partial charge on any atom is -0.460 e. The Kier molecular flexibility index (Phi) is 3.91. The van der Waals surface area contributed by atoms with Crippen molar-refractivity contribution in [1.82, 2.24) is 10.9 Å². The van der Waals surface area contributed by atoms with E-state index in [2.05, 4.69) is 10.9 Å². The third-order valence-corrected chi connectivity index (χ3v) is 2.58. The zero-order chi connectivity index (χ0) is 11.2. The lowest BCUT2D eigenvalue weighted by Crippen LogP contribution is -2.50. The Balaban J connectivity index is 1.79. The van der Waals surface area contributed by atoms with E-state index >= 15 is 0 Å². The maximum absolute atomic E-state index is 11.6. The number of rotatable bonds is 3. The largest absolute Gasteiger partial charge is 0.460 e. The van der Waals surface area contributed by atoms with Crippen LogP contribution < -0.4 is 10.9 Å². The molecule has 86 valence electrons. The van der Waals surface area contributed by atoms with Crippen LogP contribution in [0.25, 0.3) is 0 Å². The molecule has 0 spiro atoms. The van der Waals surface area contributed by atoms with Gasteiger partial charge in [-0.15, -0.1) is 0 Å². The fraction of sp³-hybridized carbons (Fsp3) is 0.417. The van der Waals surface area contributed by atoms with Crippen LogP contribution in [0.2, 0.25) is 0 Å². The fourth-order valence-electron chi connectivity index (χ4n) is 1.67. The number of hydrogen-bond acceptors (Lipinski definition) is 4. The van der Waals surface area contributed by atoms with Crippen molar-refractivity contribution in [1.29, 1.82) is 0 Å². The van der Waals surface area contributed by atoms with Crippen LogP contribution in [-0.2, 0) is 16.1 Å². The fourth-order valence-corrected chi connectivity index (χ4v) is 1.67. The minimum absolute atomic E-state index is 0.184. The Hall–Kier alpha value is -1.39. The van der Waals surface area contributed by atoms with Crippen LogP contribution in [0.4, 0.5) is 0 Å². The molecule has 16 heavy (non-hydrogen) atoms. The first kappa shape index (κ1) is 11.1. The molecule has 1 aliphatic heterocycles. The third-order valence-electron chi connectivity index (χ3n) is 2.58. The molecule has 1 saturated heterocycles. The number of esters is 1. The second kappa shape index (κ2) is 5.63. The highest BCUT2D eigenvalue weighted by molar-refractivity contribution is 5.75. The van der Waals surface area contributed by atoms with Crippen LogP contribution in [0.1, 0.15) is 18.4 Å². The van der Waals surface area contributed by atoms with Crippen molar-refractivity contribution >= 4 is 5.97 Å². The molecule has 0 aliphatic carbocycles. The predicted molar refractivity (Wildman–Crippen MR) is 60.4 cm³/mol. The smallest absolute Gasteiger partial charge is 0.324 e. The molecule has 0 unspecified atom stereocenters. The molecule has 1 aliphatic rings. The lowest BCUT2D eigenvalue weighted by atomic mass is 10.1. The van der Waals surface area contributed by atoms with Crippen molar-refractivity contribution in [3.05, 3.63) is 35.9 Å². The Morgan fingerprint density at radius 1 is 1.38 bits per heavy atom. The summed E-state index contributed by atoms with van der Waals surface area (Å²) >= 11 is 0. The molecule has 4 heteroatoms. The summed E-state index contributed by atoms with van der Waals surface area (Å²) in [4.78, 5) is 11.6. The number of hydrogen-bond donors (Lipinski definition) is 2. The van der Waals surface area contributed by atoms with E-state index in [1.54, 1.807) is 0 Å². The summed E-state index contributed by atoms with van der Waals surface area (Å²) < 4.78 is 5.23. The van der Waals surface area contributed by atoms with Crippen LogP contribution >= 0.6 is 0 Å². The van der Waals surface area contributed by atoms with Crippen LogP contribution in [0.5, 0.6) is 0 Å². The summed E-state index contributed by atoms with van der Waals surface area (Å²) in [6.07, 6.45) is 1.83. The van der Waals surface area contributed by atoms with Gasteiger partial charge in [0.25, 0.3) is 0 Å². The van der Waals surface area contributed by atoms with Crippen LogP contribution in [0, 0.1) is 0 Å². The third kappa shape index (κ3) is 3.05. The molecule has 0 radical (unpaired) electrons. The molecular formula is C12H16N2O2. The van der Waals surface area contributed by atoms with Gasteiger partial charge in [-0.2, -0.15) is 0 Å². The summed E-state index contributed by atoms with van der Waals surface area (Å²) in [5.41, 5.74) is 6.91. The van der Waals surface area contributed by atoms with Gasteiger partial charge in [0.05, 0.1) is 0 Å². The second-order valence-corrected chi connectivity index (χ2v) is 3.86. The number of carbonyl (C=O) groups is 1. The standard InChI is InChI=1S/C12H16N2O2/c15-12(11-7-4-8-13-14-11)16-9-10-5-2-1-3-6-10/h1-3,5-6,11,13-14H,4,7-9H2/t11-/m1/s1. The first-order chi connectivity index (χ1) is 7.86. The van der Waals surface area contributed by atoms with Gasteiger partial charge in [-0.1, -0.05) is 30.3 Å². The van der Waals surface area contributed by atoms with Crippen LogP contribution in [-0.4, -0.2) is 18.6 Å². The molecule has 0 amide bonds. The number of benzene rings is 1. The van der Waals surface area contributed by atoms with E-state index in [-0.39, 0.29) is 12.0 Å². The topological polar surface area (TPSA) is 50.4 Å². The number of nitrogens with one attached hydrogen (secondary N) is 2. The quantitative estimate of drug-likeness (QED) is 0.746. The van der Waals surface area contributed by atoms with Gasteiger partial charge in [-0.3, -0.25) is 10.2 Å². The van der Waals surface area contributed by atoms with Gasteiger partial charge < -0.3 is 4.74 Å². The summed E-state index contributed by atoms with van der Waals surface area (Å²) in [6.45, 7) is 1.25. The van der Waals surface area contributed by atoms with E-state index in [4.69, 9.17) is 4.74 Å². The van der Waals surface area contributed by atoms with Gasteiger partial charge in [-0.05, 0) is 18.4 Å². The second-order valence-electron chi connectivity index (χ2n) is 3.86. The molecule has 0 saturated carbocycles. The molecule has 1 aromatic carbocycles. The molecule has 1 fully saturated rings. The summed E-state index contributed by atoms with van der Waals surface area (Å²) in [7, 11) is 0. The minimum atomic E-state index is -0.211. The Morgan fingerprint density at radius 2 is 2.19 bits per heavy atom. The Bertz CT molecular complexity index is 334. The van der Waals surface area contributed by atoms with Crippen molar-refractivity contribution in [2.75, 3.05) is 6.54 Å². The van der Waals surface area contributed by atoms with Crippen molar-refractivity contribution in [2.24, 2.45) is 0 Å². The number of ether oxygens (including phenoxy) is 1. The highest BCUT2D eigenvalue weighted by Gasteiger charge is 2.21. The Morgan fingerprint density at radius 3 is 2.88 bits per heavy atom. The van der Waals surface area contributed by atoms with E-state index in [9.17, 15) is 4.79 Å². The lowest BCUT2D eigenvalue weighted by molar-refractivity contribution is -0.148. The summed E-state index contributed by atoms with van der Waals surface area (Å²) in [5, 5.41) is 0. The number of carbonyl (C=O) groups excluding carboxylic acids is 1. The van der Waals surface area contributed by atoms with E-state index < -0.39 is 0 Å². The molecule has 1 heterocycles. The van der Waals surface area contributed by atoms with Crippen molar-refractivity contribution in [3.63, 3.8) is 0 Å². The van der Waals surface area contributed by atoms with Gasteiger partial charge >= 0.3 is 5.97 Å². The molecule has 0 bridgehead atoms. The molecule has 4 nitrogen and oxygen atoms in total. The summed E-state index contributed by atoms with van der Waals surface area (Å²) in [5.74, 6) is -0.184. The normalized spacial score (nSPS) is 20.4. The van der Waals surface area contributed by atoms with Crippen LogP contribution in [0.15, 0.2) is 30.3 Å². The zero-order valence-corrected chi connectivity index (χ0v) is 9.11. The van der Waals surface area contributed by atoms with E-state index in [0.29, 0.717) is 6.61 Å². The maximum Gasteiger partial charge on any atom is 0.324 e. The van der Waals surface area contributed by atoms with Gasteiger partial charge in [0.2, 0.25) is 0 Å². The van der Waals surface area contributed by atoms with E-state index in [1.807, 2.05) is 30.3 Å². The van der Waals surface area contributed by atoms with Gasteiger partial charge in [-0.25, -0.2) is 5.43 Å². The van der Waals surface area contributed by atoms with Crippen LogP contribution in [0.3, 0.4) is 0 Å². The average Bonchev–Trinajstić information content (AvgIpc) is 2.38.